The first-order valence-electron chi connectivity index (χ1n) is 29.0. The lowest BCUT2D eigenvalue weighted by molar-refractivity contribution is -0.145. The van der Waals surface area contributed by atoms with Crippen LogP contribution in [0, 0.1) is 32.1 Å². The maximum atomic E-state index is 13.7. The van der Waals surface area contributed by atoms with Crippen molar-refractivity contribution in [2.75, 3.05) is 88.4 Å². The molecule has 2 aliphatic rings. The molecule has 0 radical (unpaired) electrons. The molecule has 0 spiro atoms. The summed E-state index contributed by atoms with van der Waals surface area (Å²) in [5, 5.41) is 20.5. The molecule has 3 aromatic heterocycles. The van der Waals surface area contributed by atoms with Gasteiger partial charge in [0, 0.05) is 77.8 Å². The lowest BCUT2D eigenvalue weighted by Gasteiger charge is -2.35. The number of aryl methyl sites for hydroxylation is 3. The molecule has 0 aliphatic carbocycles. The van der Waals surface area contributed by atoms with Crippen LogP contribution in [0.15, 0.2) is 60.2 Å². The van der Waals surface area contributed by atoms with Crippen LogP contribution in [0.5, 0.6) is 0 Å². The number of rotatable bonds is 29. The molecule has 2 saturated heterocycles. The number of methoxy groups -OCH3 is 1. The first kappa shape index (κ1) is 65.5. The van der Waals surface area contributed by atoms with Gasteiger partial charge in [-0.15, -0.1) is 11.3 Å². The van der Waals surface area contributed by atoms with Crippen molar-refractivity contribution in [3.05, 3.63) is 92.8 Å². The van der Waals surface area contributed by atoms with Crippen LogP contribution < -0.4 is 20.9 Å². The van der Waals surface area contributed by atoms with Crippen molar-refractivity contribution in [2.45, 2.75) is 144 Å². The Morgan fingerprint density at radius 3 is 2.26 bits per heavy atom. The zero-order valence-electron chi connectivity index (χ0n) is 49.4. The summed E-state index contributed by atoms with van der Waals surface area (Å²) in [6, 6.07) is 14.8. The number of likely N-dealkylation sites (tertiary alicyclic amines) is 1. The molecule has 7 rings (SSSR count). The number of anilines is 4. The molecule has 82 heavy (non-hydrogen) atoms. The highest BCUT2D eigenvalue weighted by molar-refractivity contribution is 7.17. The van der Waals surface area contributed by atoms with E-state index in [0.717, 1.165) is 71.6 Å². The Morgan fingerprint density at radius 1 is 0.854 bits per heavy atom. The summed E-state index contributed by atoms with van der Waals surface area (Å²) < 4.78 is 15.9. The fraction of sp³-hybridized carbons (Fsp3) is 0.574. The average molecular weight is 1190 g/mol. The number of carbonyl (C=O) groups excluding carboxylic acids is 4. The number of nitrogens with zero attached hydrogens (tertiary/aromatic N) is 7. The third-order valence-electron chi connectivity index (χ3n) is 14.7. The average Bonchev–Trinajstić information content (AvgIpc) is 4.42. The molecule has 0 saturated carbocycles. The number of aromatic nitrogens is 4. The first-order valence-corrected chi connectivity index (χ1v) is 31.1. The number of thiazole rings is 2. The van der Waals surface area contributed by atoms with Gasteiger partial charge in [-0.2, -0.15) is 0 Å². The summed E-state index contributed by atoms with van der Waals surface area (Å²) >= 11 is 9.10. The van der Waals surface area contributed by atoms with Crippen LogP contribution >= 0.6 is 34.3 Å². The molecule has 4 amide bonds. The van der Waals surface area contributed by atoms with Crippen LogP contribution in [0.1, 0.15) is 137 Å². The van der Waals surface area contributed by atoms with Crippen LogP contribution in [0.25, 0.3) is 10.4 Å². The molecule has 5 heterocycles. The molecule has 2 aliphatic heterocycles. The Labute approximate surface area is 498 Å². The minimum absolute atomic E-state index is 0.00189. The zero-order chi connectivity index (χ0) is 59.0. The van der Waals surface area contributed by atoms with Crippen molar-refractivity contribution in [1.82, 2.24) is 35.1 Å². The van der Waals surface area contributed by atoms with E-state index >= 15 is 0 Å². The molecular formula is C61H87ClN10O8S2. The lowest BCUT2D eigenvalue weighted by Crippen LogP contribution is -2.49. The second-order valence-corrected chi connectivity index (χ2v) is 24.4. The van der Waals surface area contributed by atoms with Gasteiger partial charge in [-0.3, -0.25) is 19.2 Å². The Morgan fingerprint density at radius 2 is 1.56 bits per heavy atom. The number of hydrogen-bond acceptors (Lipinski definition) is 16. The highest BCUT2D eigenvalue weighted by Crippen LogP contribution is 2.35. The van der Waals surface area contributed by atoms with Gasteiger partial charge >= 0.3 is 0 Å². The van der Waals surface area contributed by atoms with E-state index in [4.69, 9.17) is 25.8 Å². The number of unbranched alkanes of at least 4 members (excludes halogenated alkanes) is 7. The molecule has 2 fully saturated rings. The van der Waals surface area contributed by atoms with Crippen molar-refractivity contribution in [2.24, 2.45) is 11.3 Å². The number of nitrogens with one attached hydrogen (secondary N) is 3. The van der Waals surface area contributed by atoms with Crippen LogP contribution in [0.2, 0.25) is 5.02 Å². The van der Waals surface area contributed by atoms with Gasteiger partial charge in [-0.1, -0.05) is 132 Å². The van der Waals surface area contributed by atoms with E-state index in [9.17, 15) is 24.3 Å². The van der Waals surface area contributed by atoms with E-state index < -0.39 is 12.1 Å². The maximum Gasteiger partial charge on any atom is 0.267 e. The van der Waals surface area contributed by atoms with E-state index in [0.29, 0.717) is 105 Å². The highest BCUT2D eigenvalue weighted by Gasteiger charge is 2.43. The van der Waals surface area contributed by atoms with E-state index in [1.807, 2.05) is 73.6 Å². The van der Waals surface area contributed by atoms with E-state index in [1.165, 1.54) is 43.2 Å². The van der Waals surface area contributed by atoms with Crippen LogP contribution in [0.3, 0.4) is 0 Å². The molecule has 5 aromatic rings. The number of para-hydroxylation sites is 1. The van der Waals surface area contributed by atoms with E-state index in [1.54, 1.807) is 29.4 Å². The standard InChI is InChI=1S/C31H42ClN7O5S.C30H45N3O3S/c1-22-8-7-9-24(32)29(22)37-30(41)25-21-33-31(45-25)36-26-20-27(35-23(2)34-26)38-11-13-39(14-12-38)28(40)10-5-4-6-15-43-18-19-44-17-16-42-3;1-6-7-8-9-10-11-12-25(30(3,4)5)29(36)33-19-24(34)17-26(33)28(35)31-18-22-13-15-23(16-14-22)27-21(2)32-20-37-27/h7-9,20-21H,4-6,10-19H2,1-3H3,(H,37,41)(H,33,34,35,36);13-16,20,24-26,34H,6-12,17-19H2,1-5H3,(H,31,35)/t;24-,25-,26+/m.1/s1. The van der Waals surface area contributed by atoms with Gasteiger partial charge in [0.25, 0.3) is 5.91 Å². The number of piperazine rings is 1. The zero-order valence-corrected chi connectivity index (χ0v) is 51.8. The van der Waals surface area contributed by atoms with Crippen molar-refractivity contribution >= 4 is 80.4 Å². The number of amides is 4. The molecule has 21 heteroatoms. The van der Waals surface area contributed by atoms with Gasteiger partial charge in [0.05, 0.1) is 65.5 Å². The molecule has 2 aromatic carbocycles. The summed E-state index contributed by atoms with van der Waals surface area (Å²) in [6.07, 6.45) is 12.3. The smallest absolute Gasteiger partial charge is 0.267 e. The predicted molar refractivity (Wildman–Crippen MR) is 328 cm³/mol. The Balaban J connectivity index is 0.000000269. The van der Waals surface area contributed by atoms with Crippen LogP contribution in [-0.2, 0) is 35.1 Å². The summed E-state index contributed by atoms with van der Waals surface area (Å²) in [6.45, 7) is 20.5. The van der Waals surface area contributed by atoms with E-state index in [2.05, 4.69) is 68.5 Å². The monoisotopic (exact) mass is 1190 g/mol. The topological polar surface area (TPSA) is 214 Å². The van der Waals surface area contributed by atoms with Gasteiger partial charge in [0.2, 0.25) is 17.7 Å². The molecule has 0 bridgehead atoms. The fourth-order valence-corrected chi connectivity index (χ4v) is 11.8. The quantitative estimate of drug-likeness (QED) is 0.0328. The number of benzene rings is 2. The Bertz CT molecular complexity index is 2760. The molecule has 448 valence electrons. The summed E-state index contributed by atoms with van der Waals surface area (Å²) in [4.78, 5) is 77.6. The summed E-state index contributed by atoms with van der Waals surface area (Å²) in [5.74, 6) is 1.53. The summed E-state index contributed by atoms with van der Waals surface area (Å²) in [5.41, 5.74) is 6.23. The normalized spacial score (nSPS) is 15.7. The van der Waals surface area contributed by atoms with Gasteiger partial charge in [-0.05, 0) is 68.2 Å². The number of halogens is 1. The number of hydrogen-bond donors (Lipinski definition) is 4. The SMILES string of the molecule is CCCCCCCC[C@H](C(=O)N1C[C@H](O)C[C@H]1C(=O)NCc1ccc(-c2scnc2C)cc1)C(C)(C)C.COCCOCCOCCCCCC(=O)N1CCN(c2cc(Nc3ncc(C(=O)Nc4c(C)cccc4Cl)s3)nc(C)n2)CC1. The largest absolute Gasteiger partial charge is 0.391 e. The number of β-amino-alcohol motifs (C(OH)–C–C–N with tert-alkyl or cyclic N) is 1. The highest BCUT2D eigenvalue weighted by atomic mass is 35.5. The van der Waals surface area contributed by atoms with Crippen molar-refractivity contribution in [1.29, 1.82) is 0 Å². The predicted octanol–water partition coefficient (Wildman–Crippen LogP) is 11.2. The fourth-order valence-electron chi connectivity index (χ4n) is 9.98. The number of ether oxygens (including phenoxy) is 3. The third-order valence-corrected chi connectivity index (χ3v) is 16.9. The maximum absolute atomic E-state index is 13.7. The van der Waals surface area contributed by atoms with E-state index in [-0.39, 0.29) is 47.9 Å². The van der Waals surface area contributed by atoms with Gasteiger partial charge in [0.1, 0.15) is 28.4 Å². The summed E-state index contributed by atoms with van der Waals surface area (Å²) in [7, 11) is 1.65. The number of aliphatic hydroxyl groups excluding tert-OH is 1. The third kappa shape index (κ3) is 20.6. The van der Waals surface area contributed by atoms with Crippen molar-refractivity contribution < 1.29 is 38.5 Å². The van der Waals surface area contributed by atoms with Crippen molar-refractivity contribution in [3.63, 3.8) is 0 Å². The van der Waals surface area contributed by atoms with Crippen molar-refractivity contribution in [3.8, 4) is 10.4 Å². The Hall–Kier alpha value is -5.61. The van der Waals surface area contributed by atoms with Gasteiger partial charge < -0.3 is 50.0 Å². The number of carbonyl (C=O) groups is 4. The van der Waals surface area contributed by atoms with Gasteiger partial charge in [-0.25, -0.2) is 19.9 Å². The van der Waals surface area contributed by atoms with Gasteiger partial charge in [0.15, 0.2) is 5.13 Å². The molecule has 3 atom stereocenters. The first-order chi connectivity index (χ1) is 39.4. The minimum Gasteiger partial charge on any atom is -0.391 e. The Kier molecular flexibility index (Phi) is 26.9. The van der Waals surface area contributed by atoms with Crippen LogP contribution in [-0.4, -0.2) is 143 Å². The second-order valence-electron chi connectivity index (χ2n) is 22.1. The molecule has 4 N–H and O–H groups in total. The van der Waals surface area contributed by atoms with Crippen LogP contribution in [0.4, 0.5) is 22.5 Å². The second kappa shape index (κ2) is 33.6. The lowest BCUT2D eigenvalue weighted by atomic mass is 9.76. The molecule has 18 nitrogen and oxygen atoms in total. The number of aliphatic hydroxyl groups is 1. The molecule has 0 unspecified atom stereocenters. The molecular weight excluding hydrogens is 1100 g/mol. The minimum atomic E-state index is -0.670.